The number of carbonyl (C=O) groups is 3. The first-order valence-corrected chi connectivity index (χ1v) is 9.36. The quantitative estimate of drug-likeness (QED) is 0.784. The standard InChI is InChI=1S/C17H13ClN2O3S2/c1-10-5-6-24-13(10)8-14-16(22)20(17(23)25-14)9-15(21)19-12-4-2-3-11(18)7-12/h2-8H,9H2,1H3,(H,19,21)/b14-8+. The third-order valence-electron chi connectivity index (χ3n) is 3.45. The van der Waals surface area contributed by atoms with Crippen molar-refractivity contribution in [1.29, 1.82) is 0 Å². The number of nitrogens with one attached hydrogen (secondary N) is 1. The van der Waals surface area contributed by atoms with Crippen LogP contribution in [0.1, 0.15) is 10.4 Å². The van der Waals surface area contributed by atoms with Gasteiger partial charge in [-0.05, 0) is 60.0 Å². The second kappa shape index (κ2) is 7.43. The highest BCUT2D eigenvalue weighted by atomic mass is 35.5. The predicted molar refractivity (Wildman–Crippen MR) is 102 cm³/mol. The third-order valence-corrected chi connectivity index (χ3v) is 5.56. The van der Waals surface area contributed by atoms with E-state index in [0.717, 1.165) is 27.1 Å². The van der Waals surface area contributed by atoms with Gasteiger partial charge in [-0.25, -0.2) is 0 Å². The van der Waals surface area contributed by atoms with Crippen LogP contribution in [0.4, 0.5) is 10.5 Å². The Kier molecular flexibility index (Phi) is 5.27. The molecule has 0 aliphatic carbocycles. The van der Waals surface area contributed by atoms with Crippen LogP contribution in [0.5, 0.6) is 0 Å². The number of hydrogen-bond donors (Lipinski definition) is 1. The highest BCUT2D eigenvalue weighted by molar-refractivity contribution is 8.18. The van der Waals surface area contributed by atoms with Gasteiger partial charge >= 0.3 is 0 Å². The van der Waals surface area contributed by atoms with Crippen molar-refractivity contribution in [3.8, 4) is 0 Å². The van der Waals surface area contributed by atoms with Crippen LogP contribution in [0.25, 0.3) is 6.08 Å². The Bertz CT molecular complexity index is 892. The fraction of sp³-hybridized carbons (Fsp3) is 0.118. The molecule has 1 aromatic heterocycles. The molecule has 1 N–H and O–H groups in total. The Labute approximate surface area is 157 Å². The zero-order chi connectivity index (χ0) is 18.0. The molecule has 0 radical (unpaired) electrons. The predicted octanol–water partition coefficient (Wildman–Crippen LogP) is 4.38. The number of nitrogens with zero attached hydrogens (tertiary/aromatic N) is 1. The molecule has 1 saturated heterocycles. The van der Waals surface area contributed by atoms with Crippen LogP contribution >= 0.6 is 34.7 Å². The average Bonchev–Trinajstić information content (AvgIpc) is 3.06. The summed E-state index contributed by atoms with van der Waals surface area (Å²) in [7, 11) is 0. The minimum atomic E-state index is -0.460. The van der Waals surface area contributed by atoms with E-state index in [1.807, 2.05) is 18.4 Å². The number of carbonyl (C=O) groups excluding carboxylic acids is 3. The zero-order valence-electron chi connectivity index (χ0n) is 13.1. The summed E-state index contributed by atoms with van der Waals surface area (Å²) in [5.74, 6) is -0.915. The first-order valence-electron chi connectivity index (χ1n) is 7.29. The summed E-state index contributed by atoms with van der Waals surface area (Å²) < 4.78 is 0. The van der Waals surface area contributed by atoms with Crippen molar-refractivity contribution in [3.05, 3.63) is 56.1 Å². The molecule has 1 fully saturated rings. The maximum Gasteiger partial charge on any atom is 0.294 e. The van der Waals surface area contributed by atoms with E-state index < -0.39 is 17.1 Å². The lowest BCUT2D eigenvalue weighted by Crippen LogP contribution is -2.36. The van der Waals surface area contributed by atoms with Gasteiger partial charge in [0.15, 0.2) is 0 Å². The smallest absolute Gasteiger partial charge is 0.294 e. The number of halogens is 1. The monoisotopic (exact) mass is 392 g/mol. The number of hydrogen-bond acceptors (Lipinski definition) is 5. The van der Waals surface area contributed by atoms with Gasteiger partial charge in [0.1, 0.15) is 6.54 Å². The van der Waals surface area contributed by atoms with E-state index in [1.165, 1.54) is 11.3 Å². The van der Waals surface area contributed by atoms with E-state index in [2.05, 4.69) is 5.32 Å². The molecular weight excluding hydrogens is 380 g/mol. The van der Waals surface area contributed by atoms with Crippen molar-refractivity contribution >= 4 is 63.5 Å². The highest BCUT2D eigenvalue weighted by Crippen LogP contribution is 2.33. The molecule has 0 spiro atoms. The number of thiophene rings is 1. The Morgan fingerprint density at radius 1 is 1.32 bits per heavy atom. The molecule has 2 aromatic rings. The highest BCUT2D eigenvalue weighted by Gasteiger charge is 2.36. The van der Waals surface area contributed by atoms with E-state index >= 15 is 0 Å². The molecule has 0 atom stereocenters. The number of rotatable bonds is 4. The Morgan fingerprint density at radius 2 is 2.12 bits per heavy atom. The lowest BCUT2D eigenvalue weighted by atomic mass is 10.2. The Morgan fingerprint density at radius 3 is 2.80 bits per heavy atom. The zero-order valence-corrected chi connectivity index (χ0v) is 15.5. The molecule has 5 nitrogen and oxygen atoms in total. The normalized spacial score (nSPS) is 15.9. The van der Waals surface area contributed by atoms with Crippen molar-refractivity contribution in [1.82, 2.24) is 4.90 Å². The SMILES string of the molecule is Cc1ccsc1/C=C1/SC(=O)N(CC(=O)Nc2cccc(Cl)c2)C1=O. The average molecular weight is 393 g/mol. The topological polar surface area (TPSA) is 66.5 Å². The summed E-state index contributed by atoms with van der Waals surface area (Å²) in [6, 6.07) is 8.60. The molecule has 25 heavy (non-hydrogen) atoms. The summed E-state index contributed by atoms with van der Waals surface area (Å²) in [4.78, 5) is 38.8. The second-order valence-corrected chi connectivity index (χ2v) is 7.67. The van der Waals surface area contributed by atoms with Gasteiger partial charge in [-0.15, -0.1) is 11.3 Å². The van der Waals surface area contributed by atoms with Crippen molar-refractivity contribution in [3.63, 3.8) is 0 Å². The maximum atomic E-state index is 12.4. The van der Waals surface area contributed by atoms with Crippen molar-refractivity contribution in [2.75, 3.05) is 11.9 Å². The first-order chi connectivity index (χ1) is 11.9. The second-order valence-electron chi connectivity index (χ2n) is 5.29. The van der Waals surface area contributed by atoms with Crippen LogP contribution in [-0.2, 0) is 9.59 Å². The molecule has 3 amide bonds. The maximum absolute atomic E-state index is 12.4. The van der Waals surface area contributed by atoms with E-state index in [-0.39, 0.29) is 6.54 Å². The van der Waals surface area contributed by atoms with Crippen LogP contribution in [0, 0.1) is 6.92 Å². The minimum Gasteiger partial charge on any atom is -0.324 e. The number of aryl methyl sites for hydroxylation is 1. The van der Waals surface area contributed by atoms with Crippen LogP contribution < -0.4 is 5.32 Å². The fourth-order valence-electron chi connectivity index (χ4n) is 2.20. The van der Waals surface area contributed by atoms with Crippen LogP contribution in [0.15, 0.2) is 40.6 Å². The molecule has 1 aliphatic rings. The molecule has 1 aliphatic heterocycles. The van der Waals surface area contributed by atoms with Gasteiger partial charge in [-0.3, -0.25) is 19.3 Å². The number of amides is 3. The van der Waals surface area contributed by atoms with Gasteiger partial charge in [-0.1, -0.05) is 17.7 Å². The summed E-state index contributed by atoms with van der Waals surface area (Å²) >= 11 is 8.20. The number of thioether (sulfide) groups is 1. The summed E-state index contributed by atoms with van der Waals surface area (Å²) in [6.07, 6.45) is 1.69. The number of anilines is 1. The van der Waals surface area contributed by atoms with Gasteiger partial charge in [0.25, 0.3) is 11.1 Å². The van der Waals surface area contributed by atoms with E-state index in [0.29, 0.717) is 15.6 Å². The van der Waals surface area contributed by atoms with Crippen molar-refractivity contribution in [2.45, 2.75) is 6.92 Å². The molecule has 8 heteroatoms. The minimum absolute atomic E-state index is 0.325. The molecular formula is C17H13ClN2O3S2. The largest absolute Gasteiger partial charge is 0.324 e. The van der Waals surface area contributed by atoms with E-state index in [9.17, 15) is 14.4 Å². The first kappa shape index (κ1) is 17.7. The van der Waals surface area contributed by atoms with E-state index in [4.69, 9.17) is 11.6 Å². The summed E-state index contributed by atoms with van der Waals surface area (Å²) in [5.41, 5.74) is 1.55. The van der Waals surface area contributed by atoms with Crippen LogP contribution in [0.3, 0.4) is 0 Å². The molecule has 128 valence electrons. The Hall–Kier alpha value is -2.09. The molecule has 0 saturated carbocycles. The van der Waals surface area contributed by atoms with Gasteiger partial charge in [0.05, 0.1) is 4.91 Å². The van der Waals surface area contributed by atoms with Gasteiger partial charge < -0.3 is 5.32 Å². The fourth-order valence-corrected chi connectivity index (χ4v) is 4.14. The summed E-state index contributed by atoms with van der Waals surface area (Å²) in [5, 5.41) is 4.58. The molecule has 3 rings (SSSR count). The van der Waals surface area contributed by atoms with Crippen molar-refractivity contribution < 1.29 is 14.4 Å². The lowest BCUT2D eigenvalue weighted by Gasteiger charge is -2.12. The van der Waals surface area contributed by atoms with Crippen molar-refractivity contribution in [2.24, 2.45) is 0 Å². The Balaban J connectivity index is 1.69. The lowest BCUT2D eigenvalue weighted by molar-refractivity contribution is -0.127. The van der Waals surface area contributed by atoms with E-state index in [1.54, 1.807) is 30.3 Å². The third kappa shape index (κ3) is 4.12. The molecule has 0 unspecified atom stereocenters. The van der Waals surface area contributed by atoms with Crippen LogP contribution in [0.2, 0.25) is 5.02 Å². The van der Waals surface area contributed by atoms with Gasteiger partial charge in [-0.2, -0.15) is 0 Å². The summed E-state index contributed by atoms with van der Waals surface area (Å²) in [6.45, 7) is 1.60. The molecule has 2 heterocycles. The number of imide groups is 1. The van der Waals surface area contributed by atoms with Crippen LogP contribution in [-0.4, -0.2) is 28.5 Å². The molecule has 0 bridgehead atoms. The van der Waals surface area contributed by atoms with Gasteiger partial charge in [0, 0.05) is 15.6 Å². The molecule has 1 aromatic carbocycles. The van der Waals surface area contributed by atoms with Gasteiger partial charge in [0.2, 0.25) is 5.91 Å². The number of benzene rings is 1.